The highest BCUT2D eigenvalue weighted by atomic mass is 16.6. The van der Waals surface area contributed by atoms with E-state index in [1.54, 1.807) is 13.0 Å². The van der Waals surface area contributed by atoms with Crippen LogP contribution in [0.15, 0.2) is 42.5 Å². The van der Waals surface area contributed by atoms with Crippen LogP contribution in [0, 0.1) is 20.8 Å². The number of anilines is 1. The van der Waals surface area contributed by atoms with Crippen LogP contribution in [0.25, 0.3) is 0 Å². The molecule has 2 aromatic carbocycles. The summed E-state index contributed by atoms with van der Waals surface area (Å²) in [6.07, 6.45) is -1.74. The van der Waals surface area contributed by atoms with Crippen LogP contribution in [0.5, 0.6) is 5.75 Å². The summed E-state index contributed by atoms with van der Waals surface area (Å²) in [5.74, 6) is -0.385. The first-order valence-corrected chi connectivity index (χ1v) is 8.58. The number of carbonyl (C=O) groups is 2. The summed E-state index contributed by atoms with van der Waals surface area (Å²) in [6.45, 7) is 8.97. The lowest BCUT2D eigenvalue weighted by Gasteiger charge is -2.18. The molecule has 2 rings (SSSR count). The third kappa shape index (κ3) is 5.34. The minimum atomic E-state index is -0.924. The molecule has 0 radical (unpaired) electrons. The molecule has 0 bridgehead atoms. The van der Waals surface area contributed by atoms with Crippen molar-refractivity contribution in [3.05, 3.63) is 59.2 Å². The van der Waals surface area contributed by atoms with E-state index in [2.05, 4.69) is 5.32 Å². The summed E-state index contributed by atoms with van der Waals surface area (Å²) in [4.78, 5) is 24.5. The molecule has 2 aromatic rings. The quantitative estimate of drug-likeness (QED) is 0.797. The Kier molecular flexibility index (Phi) is 6.39. The first kappa shape index (κ1) is 19.5. The van der Waals surface area contributed by atoms with E-state index in [4.69, 9.17) is 9.47 Å². The molecule has 2 atom stereocenters. The van der Waals surface area contributed by atoms with Crippen LogP contribution >= 0.6 is 0 Å². The number of ether oxygens (including phenoxy) is 2. The lowest BCUT2D eigenvalue weighted by molar-refractivity contribution is -0.159. The summed E-state index contributed by atoms with van der Waals surface area (Å²) in [6, 6.07) is 13.1. The molecule has 5 nitrogen and oxygen atoms in total. The van der Waals surface area contributed by atoms with Gasteiger partial charge in [0.2, 0.25) is 0 Å². The van der Waals surface area contributed by atoms with Crippen molar-refractivity contribution in [2.45, 2.75) is 46.8 Å². The van der Waals surface area contributed by atoms with Crippen LogP contribution in [0.2, 0.25) is 0 Å². The maximum absolute atomic E-state index is 12.3. The fourth-order valence-corrected chi connectivity index (χ4v) is 2.45. The Morgan fingerprint density at radius 1 is 0.923 bits per heavy atom. The zero-order chi connectivity index (χ0) is 19.3. The van der Waals surface area contributed by atoms with E-state index in [9.17, 15) is 9.59 Å². The van der Waals surface area contributed by atoms with Gasteiger partial charge in [-0.1, -0.05) is 29.8 Å². The second-order valence-corrected chi connectivity index (χ2v) is 6.46. The van der Waals surface area contributed by atoms with E-state index in [0.29, 0.717) is 11.4 Å². The fourth-order valence-electron chi connectivity index (χ4n) is 2.45. The Morgan fingerprint density at radius 2 is 1.62 bits per heavy atom. The fraction of sp³-hybridized carbons (Fsp3) is 0.333. The van der Waals surface area contributed by atoms with Gasteiger partial charge >= 0.3 is 5.97 Å². The van der Waals surface area contributed by atoms with Crippen LogP contribution in [0.4, 0.5) is 5.69 Å². The third-order valence-electron chi connectivity index (χ3n) is 3.94. The molecule has 0 aliphatic carbocycles. The summed E-state index contributed by atoms with van der Waals surface area (Å²) in [5.41, 5.74) is 3.80. The highest BCUT2D eigenvalue weighted by molar-refractivity contribution is 5.95. The first-order chi connectivity index (χ1) is 12.3. The van der Waals surface area contributed by atoms with Crippen LogP contribution in [0.3, 0.4) is 0 Å². The minimum Gasteiger partial charge on any atom is -0.479 e. The smallest absolute Gasteiger partial charge is 0.347 e. The van der Waals surface area contributed by atoms with Gasteiger partial charge in [0, 0.05) is 5.69 Å². The van der Waals surface area contributed by atoms with Gasteiger partial charge in [-0.05, 0) is 63.9 Å². The monoisotopic (exact) mass is 355 g/mol. The van der Waals surface area contributed by atoms with Gasteiger partial charge in [-0.3, -0.25) is 4.79 Å². The van der Waals surface area contributed by atoms with E-state index in [0.717, 1.165) is 16.7 Å². The van der Waals surface area contributed by atoms with E-state index < -0.39 is 18.2 Å². The molecule has 0 aliphatic heterocycles. The number of hydrogen-bond acceptors (Lipinski definition) is 4. The molecule has 138 valence electrons. The zero-order valence-corrected chi connectivity index (χ0v) is 15.8. The molecule has 0 saturated carbocycles. The number of rotatable bonds is 6. The molecule has 5 heteroatoms. The number of nitrogens with one attached hydrogen (secondary N) is 1. The summed E-state index contributed by atoms with van der Waals surface area (Å²) in [5, 5.41) is 2.78. The molecule has 0 saturated heterocycles. The van der Waals surface area contributed by atoms with E-state index in [1.807, 2.05) is 57.2 Å². The lowest BCUT2D eigenvalue weighted by atomic mass is 10.1. The molecule has 0 aliphatic rings. The van der Waals surface area contributed by atoms with Crippen LogP contribution in [-0.4, -0.2) is 24.1 Å². The molecule has 0 aromatic heterocycles. The highest BCUT2D eigenvalue weighted by Gasteiger charge is 2.23. The lowest BCUT2D eigenvalue weighted by Crippen LogP contribution is -2.35. The number of benzene rings is 2. The molecule has 0 spiro atoms. The van der Waals surface area contributed by atoms with Gasteiger partial charge in [0.15, 0.2) is 12.2 Å². The third-order valence-corrected chi connectivity index (χ3v) is 3.94. The predicted molar refractivity (Wildman–Crippen MR) is 101 cm³/mol. The Bertz CT molecular complexity index is 800. The van der Waals surface area contributed by atoms with Gasteiger partial charge in [0.1, 0.15) is 5.75 Å². The molecular weight excluding hydrogens is 330 g/mol. The molecule has 0 fully saturated rings. The van der Waals surface area contributed by atoms with Crippen LogP contribution < -0.4 is 10.1 Å². The first-order valence-electron chi connectivity index (χ1n) is 8.58. The normalized spacial score (nSPS) is 12.8. The van der Waals surface area contributed by atoms with E-state index in [-0.39, 0.29) is 5.91 Å². The van der Waals surface area contributed by atoms with Crippen molar-refractivity contribution in [2.24, 2.45) is 0 Å². The standard InChI is InChI=1S/C21H25NO4/c1-13-7-6-8-18(12-13)25-17(5)21(24)26-16(4)20(23)22-19-10-9-14(2)11-15(19)3/h6-12,16-17H,1-5H3,(H,22,23)/t16-,17-/m0/s1. The van der Waals surface area contributed by atoms with Gasteiger partial charge in [-0.15, -0.1) is 0 Å². The second-order valence-electron chi connectivity index (χ2n) is 6.46. The number of hydrogen-bond donors (Lipinski definition) is 1. The van der Waals surface area contributed by atoms with Crippen molar-refractivity contribution in [3.63, 3.8) is 0 Å². The summed E-state index contributed by atoms with van der Waals surface area (Å²) >= 11 is 0. The maximum Gasteiger partial charge on any atom is 0.347 e. The summed E-state index contributed by atoms with van der Waals surface area (Å²) in [7, 11) is 0. The van der Waals surface area contributed by atoms with Crippen molar-refractivity contribution in [3.8, 4) is 5.75 Å². The van der Waals surface area contributed by atoms with Gasteiger partial charge in [0.25, 0.3) is 5.91 Å². The molecule has 26 heavy (non-hydrogen) atoms. The molecule has 1 N–H and O–H groups in total. The van der Waals surface area contributed by atoms with Crippen molar-refractivity contribution in [1.29, 1.82) is 0 Å². The number of amides is 1. The second kappa shape index (κ2) is 8.52. The van der Waals surface area contributed by atoms with Gasteiger partial charge in [0.05, 0.1) is 0 Å². The number of carbonyl (C=O) groups excluding carboxylic acids is 2. The van der Waals surface area contributed by atoms with E-state index >= 15 is 0 Å². The Hall–Kier alpha value is -2.82. The topological polar surface area (TPSA) is 64.6 Å². The Labute approximate surface area is 154 Å². The van der Waals surface area contributed by atoms with Crippen molar-refractivity contribution in [1.82, 2.24) is 0 Å². The number of aryl methyl sites for hydroxylation is 3. The van der Waals surface area contributed by atoms with E-state index in [1.165, 1.54) is 6.92 Å². The number of esters is 1. The van der Waals surface area contributed by atoms with Gasteiger partial charge in [-0.25, -0.2) is 4.79 Å². The minimum absolute atomic E-state index is 0.381. The molecular formula is C21H25NO4. The van der Waals surface area contributed by atoms with Gasteiger partial charge in [-0.2, -0.15) is 0 Å². The Morgan fingerprint density at radius 3 is 2.27 bits per heavy atom. The SMILES string of the molecule is Cc1cccc(O[C@@H](C)C(=O)O[C@@H](C)C(=O)Nc2ccc(C)cc2C)c1. The molecule has 0 unspecified atom stereocenters. The molecule has 1 amide bonds. The average Bonchev–Trinajstić information content (AvgIpc) is 2.57. The maximum atomic E-state index is 12.3. The predicted octanol–water partition coefficient (Wildman–Crippen LogP) is 3.95. The van der Waals surface area contributed by atoms with Crippen molar-refractivity contribution < 1.29 is 19.1 Å². The van der Waals surface area contributed by atoms with Gasteiger partial charge < -0.3 is 14.8 Å². The molecule has 0 heterocycles. The average molecular weight is 355 g/mol. The van der Waals surface area contributed by atoms with Crippen molar-refractivity contribution in [2.75, 3.05) is 5.32 Å². The summed E-state index contributed by atoms with van der Waals surface area (Å²) < 4.78 is 10.8. The Balaban J connectivity index is 1.91. The largest absolute Gasteiger partial charge is 0.479 e. The van der Waals surface area contributed by atoms with Crippen LogP contribution in [0.1, 0.15) is 30.5 Å². The highest BCUT2D eigenvalue weighted by Crippen LogP contribution is 2.17. The van der Waals surface area contributed by atoms with Crippen molar-refractivity contribution >= 4 is 17.6 Å². The van der Waals surface area contributed by atoms with Crippen LogP contribution in [-0.2, 0) is 14.3 Å². The zero-order valence-electron chi connectivity index (χ0n) is 15.8.